The van der Waals surface area contributed by atoms with Gasteiger partial charge in [0.25, 0.3) is 5.91 Å². The second-order valence-electron chi connectivity index (χ2n) is 5.02. The molecule has 18 heavy (non-hydrogen) atoms. The van der Waals surface area contributed by atoms with Crippen molar-refractivity contribution in [2.45, 2.75) is 32.6 Å². The minimum atomic E-state index is 0.0425. The van der Waals surface area contributed by atoms with Gasteiger partial charge in [-0.05, 0) is 32.3 Å². The van der Waals surface area contributed by atoms with Gasteiger partial charge in [-0.2, -0.15) is 10.2 Å². The Morgan fingerprint density at radius 2 is 2.17 bits per heavy atom. The first kappa shape index (κ1) is 13.3. The van der Waals surface area contributed by atoms with Crippen LogP contribution in [0.5, 0.6) is 0 Å². The molecule has 2 atom stereocenters. The molecule has 0 aliphatic carbocycles. The summed E-state index contributed by atoms with van der Waals surface area (Å²) in [7, 11) is 0. The van der Waals surface area contributed by atoms with Crippen LogP contribution in [0, 0.1) is 19.8 Å². The van der Waals surface area contributed by atoms with Crippen LogP contribution in [0.1, 0.15) is 35.1 Å². The number of likely N-dealkylation sites (tertiary alicyclic amines) is 1. The Morgan fingerprint density at radius 1 is 1.44 bits per heavy atom. The van der Waals surface area contributed by atoms with E-state index >= 15 is 0 Å². The van der Waals surface area contributed by atoms with Gasteiger partial charge < -0.3 is 4.90 Å². The standard InChI is InChI=1S/C13H18ClN3O/c1-8-7-17(5-4-12(8)14)13(18)11-6-9(2)15-16-10(11)3/h6,8,12H,4-5,7H2,1-3H3. The summed E-state index contributed by atoms with van der Waals surface area (Å²) in [5, 5.41) is 8.13. The first-order valence-electron chi connectivity index (χ1n) is 6.23. The topological polar surface area (TPSA) is 46.1 Å². The van der Waals surface area contributed by atoms with Gasteiger partial charge in [-0.3, -0.25) is 4.79 Å². The molecule has 0 radical (unpaired) electrons. The quantitative estimate of drug-likeness (QED) is 0.733. The highest BCUT2D eigenvalue weighted by atomic mass is 35.5. The van der Waals surface area contributed by atoms with Crippen LogP contribution in [0.2, 0.25) is 0 Å². The number of hydrogen-bond donors (Lipinski definition) is 0. The van der Waals surface area contributed by atoms with E-state index in [1.807, 2.05) is 24.8 Å². The van der Waals surface area contributed by atoms with Crippen molar-refractivity contribution in [3.8, 4) is 0 Å². The van der Waals surface area contributed by atoms with Gasteiger partial charge in [-0.25, -0.2) is 0 Å². The van der Waals surface area contributed by atoms with Crippen LogP contribution in [0.25, 0.3) is 0 Å². The molecule has 1 fully saturated rings. The molecule has 1 aliphatic heterocycles. The Bertz CT molecular complexity index is 464. The molecule has 0 bridgehead atoms. The van der Waals surface area contributed by atoms with E-state index in [1.165, 1.54) is 0 Å². The fraction of sp³-hybridized carbons (Fsp3) is 0.615. The van der Waals surface area contributed by atoms with Gasteiger partial charge in [0, 0.05) is 18.5 Å². The summed E-state index contributed by atoms with van der Waals surface area (Å²) in [4.78, 5) is 14.3. The zero-order chi connectivity index (χ0) is 13.3. The number of alkyl halides is 1. The predicted molar refractivity (Wildman–Crippen MR) is 70.8 cm³/mol. The lowest BCUT2D eigenvalue weighted by Gasteiger charge is -2.34. The van der Waals surface area contributed by atoms with Crippen LogP contribution >= 0.6 is 11.6 Å². The molecule has 1 aromatic heterocycles. The zero-order valence-electron chi connectivity index (χ0n) is 11.0. The zero-order valence-corrected chi connectivity index (χ0v) is 11.7. The number of carbonyl (C=O) groups is 1. The average molecular weight is 268 g/mol. The number of amides is 1. The van der Waals surface area contributed by atoms with E-state index in [1.54, 1.807) is 0 Å². The predicted octanol–water partition coefficient (Wildman–Crippen LogP) is 2.18. The third-order valence-corrected chi connectivity index (χ3v) is 4.07. The fourth-order valence-corrected chi connectivity index (χ4v) is 2.42. The van der Waals surface area contributed by atoms with E-state index in [0.29, 0.717) is 23.7 Å². The minimum Gasteiger partial charge on any atom is -0.338 e. The summed E-state index contributed by atoms with van der Waals surface area (Å²) in [6, 6.07) is 1.81. The Morgan fingerprint density at radius 3 is 2.83 bits per heavy atom. The number of nitrogens with zero attached hydrogens (tertiary/aromatic N) is 3. The molecule has 4 nitrogen and oxygen atoms in total. The molecule has 2 rings (SSSR count). The molecule has 0 N–H and O–H groups in total. The van der Waals surface area contributed by atoms with Crippen molar-refractivity contribution in [3.05, 3.63) is 23.0 Å². The van der Waals surface area contributed by atoms with Crippen molar-refractivity contribution in [2.24, 2.45) is 5.92 Å². The molecule has 1 aromatic rings. The molecule has 1 saturated heterocycles. The molecule has 1 aliphatic rings. The van der Waals surface area contributed by atoms with Crippen LogP contribution in [0.15, 0.2) is 6.07 Å². The van der Waals surface area contributed by atoms with Crippen LogP contribution in [0.3, 0.4) is 0 Å². The second kappa shape index (κ2) is 5.22. The number of aryl methyl sites for hydroxylation is 2. The van der Waals surface area contributed by atoms with Gasteiger partial charge in [0.15, 0.2) is 0 Å². The van der Waals surface area contributed by atoms with Crippen molar-refractivity contribution in [1.29, 1.82) is 0 Å². The Labute approximate surface area is 112 Å². The average Bonchev–Trinajstić information content (AvgIpc) is 2.35. The van der Waals surface area contributed by atoms with Crippen LogP contribution in [-0.2, 0) is 0 Å². The van der Waals surface area contributed by atoms with Crippen molar-refractivity contribution in [3.63, 3.8) is 0 Å². The molecule has 0 aromatic carbocycles. The monoisotopic (exact) mass is 267 g/mol. The van der Waals surface area contributed by atoms with E-state index < -0.39 is 0 Å². The number of piperidine rings is 1. The first-order chi connectivity index (χ1) is 8.49. The summed E-state index contributed by atoms with van der Waals surface area (Å²) in [5.41, 5.74) is 2.11. The van der Waals surface area contributed by atoms with Gasteiger partial charge >= 0.3 is 0 Å². The van der Waals surface area contributed by atoms with E-state index in [4.69, 9.17) is 11.6 Å². The smallest absolute Gasteiger partial charge is 0.255 e. The third kappa shape index (κ3) is 2.64. The molecule has 2 unspecified atom stereocenters. The molecule has 98 valence electrons. The highest BCUT2D eigenvalue weighted by Crippen LogP contribution is 2.23. The Hall–Kier alpha value is -1.16. The normalized spacial score (nSPS) is 24.1. The lowest BCUT2D eigenvalue weighted by Crippen LogP contribution is -2.43. The van der Waals surface area contributed by atoms with Gasteiger partial charge in [-0.15, -0.1) is 11.6 Å². The lowest BCUT2D eigenvalue weighted by molar-refractivity contribution is 0.0685. The maximum absolute atomic E-state index is 12.4. The maximum Gasteiger partial charge on any atom is 0.255 e. The van der Waals surface area contributed by atoms with Gasteiger partial charge in [0.2, 0.25) is 0 Å². The summed E-state index contributed by atoms with van der Waals surface area (Å²) < 4.78 is 0. The Kier molecular flexibility index (Phi) is 3.85. The number of aromatic nitrogens is 2. The summed E-state index contributed by atoms with van der Waals surface area (Å²) in [6.45, 7) is 7.18. The summed E-state index contributed by atoms with van der Waals surface area (Å²) in [5.74, 6) is 0.376. The first-order valence-corrected chi connectivity index (χ1v) is 6.67. The minimum absolute atomic E-state index is 0.0425. The summed E-state index contributed by atoms with van der Waals surface area (Å²) in [6.07, 6.45) is 0.852. The molecular weight excluding hydrogens is 250 g/mol. The van der Waals surface area contributed by atoms with Gasteiger partial charge in [0.05, 0.1) is 17.0 Å². The fourth-order valence-electron chi connectivity index (χ4n) is 2.24. The number of halogens is 1. The largest absolute Gasteiger partial charge is 0.338 e. The number of carbonyl (C=O) groups excluding carboxylic acids is 1. The van der Waals surface area contributed by atoms with E-state index in [2.05, 4.69) is 17.1 Å². The van der Waals surface area contributed by atoms with Gasteiger partial charge in [-0.1, -0.05) is 6.92 Å². The van der Waals surface area contributed by atoms with Crippen molar-refractivity contribution >= 4 is 17.5 Å². The second-order valence-corrected chi connectivity index (χ2v) is 5.58. The highest BCUT2D eigenvalue weighted by Gasteiger charge is 2.28. The van der Waals surface area contributed by atoms with Crippen molar-refractivity contribution in [1.82, 2.24) is 15.1 Å². The number of hydrogen-bond acceptors (Lipinski definition) is 3. The van der Waals surface area contributed by atoms with Crippen LogP contribution in [0.4, 0.5) is 0 Å². The molecule has 2 heterocycles. The SMILES string of the molecule is Cc1cc(C(=O)N2CCC(Cl)C(C)C2)c(C)nn1. The third-order valence-electron chi connectivity index (χ3n) is 3.42. The van der Waals surface area contributed by atoms with E-state index in [-0.39, 0.29) is 11.3 Å². The highest BCUT2D eigenvalue weighted by molar-refractivity contribution is 6.20. The molecule has 5 heteroatoms. The molecule has 1 amide bonds. The maximum atomic E-state index is 12.4. The van der Waals surface area contributed by atoms with E-state index in [0.717, 1.165) is 18.7 Å². The number of rotatable bonds is 1. The van der Waals surface area contributed by atoms with Crippen LogP contribution in [-0.4, -0.2) is 39.5 Å². The summed E-state index contributed by atoms with van der Waals surface area (Å²) >= 11 is 6.18. The van der Waals surface area contributed by atoms with Crippen LogP contribution < -0.4 is 0 Å². The van der Waals surface area contributed by atoms with Crippen molar-refractivity contribution in [2.75, 3.05) is 13.1 Å². The molecule has 0 saturated carbocycles. The van der Waals surface area contributed by atoms with Gasteiger partial charge in [0.1, 0.15) is 0 Å². The lowest BCUT2D eigenvalue weighted by atomic mass is 9.98. The molecule has 0 spiro atoms. The molecular formula is C13H18ClN3O. The Balaban J connectivity index is 2.19. The van der Waals surface area contributed by atoms with Crippen molar-refractivity contribution < 1.29 is 4.79 Å². The van der Waals surface area contributed by atoms with E-state index in [9.17, 15) is 4.79 Å².